The molecule has 5 atom stereocenters. The lowest BCUT2D eigenvalue weighted by Crippen LogP contribution is -2.69. The molecule has 1 amide bonds. The molecule has 5 unspecified atom stereocenters. The third-order valence-corrected chi connectivity index (χ3v) is 6.00. The van der Waals surface area contributed by atoms with Crippen LogP contribution in [0.15, 0.2) is 0 Å². The molecule has 142 valence electrons. The largest absolute Gasteiger partial charge is 0.481 e. The van der Waals surface area contributed by atoms with Gasteiger partial charge in [-0.3, -0.25) is 4.79 Å². The van der Waals surface area contributed by atoms with E-state index < -0.39 is 58.4 Å². The number of nitrogens with one attached hydrogen (secondary N) is 1. The van der Waals surface area contributed by atoms with Gasteiger partial charge in [0.1, 0.15) is 5.60 Å². The zero-order valence-electron chi connectivity index (χ0n) is 15.3. The van der Waals surface area contributed by atoms with Gasteiger partial charge in [-0.1, -0.05) is 13.8 Å². The lowest BCUT2D eigenvalue weighted by molar-refractivity contribution is -0.154. The Labute approximate surface area is 147 Å². The Morgan fingerprint density at radius 3 is 2.04 bits per heavy atom. The normalized spacial score (nSPS) is 35.6. The van der Waals surface area contributed by atoms with Gasteiger partial charge in [0.2, 0.25) is 0 Å². The number of aliphatic carboxylic acids is 2. The van der Waals surface area contributed by atoms with Crippen molar-refractivity contribution in [2.45, 2.75) is 64.6 Å². The summed E-state index contributed by atoms with van der Waals surface area (Å²) in [6.07, 6.45) is -0.0526. The topological polar surface area (TPSA) is 139 Å². The summed E-state index contributed by atoms with van der Waals surface area (Å²) in [4.78, 5) is 36.3. The number of carboxylic acid groups (broad SMARTS) is 2. The standard InChI is InChI=1S/C17H28N2O6/c1-6-16(7-2)11(18)8-9(12(20)21)10(8)17(16,13(22)23)19-14(24)25-15(3,4)5/h8-11H,6-7,18H2,1-5H3,(H,19,24)(H,20,21)(H,22,23). The smallest absolute Gasteiger partial charge is 0.408 e. The minimum Gasteiger partial charge on any atom is -0.481 e. The van der Waals surface area contributed by atoms with Crippen LogP contribution < -0.4 is 11.1 Å². The first-order valence-corrected chi connectivity index (χ1v) is 8.62. The number of alkyl carbamates (subject to hydrolysis) is 1. The molecule has 2 aliphatic carbocycles. The summed E-state index contributed by atoms with van der Waals surface area (Å²) in [7, 11) is 0. The molecule has 0 aromatic carbocycles. The summed E-state index contributed by atoms with van der Waals surface area (Å²) in [6, 6.07) is -0.625. The first-order chi connectivity index (χ1) is 11.4. The molecule has 0 heterocycles. The molecule has 0 aromatic heterocycles. The van der Waals surface area contributed by atoms with E-state index in [0.29, 0.717) is 12.8 Å². The van der Waals surface area contributed by atoms with Crippen molar-refractivity contribution in [2.75, 3.05) is 0 Å². The third kappa shape index (κ3) is 2.58. The summed E-state index contributed by atoms with van der Waals surface area (Å²) in [5.74, 6) is -4.42. The summed E-state index contributed by atoms with van der Waals surface area (Å²) in [6.45, 7) is 8.66. The van der Waals surface area contributed by atoms with Crippen molar-refractivity contribution < 1.29 is 29.3 Å². The average molecular weight is 356 g/mol. The number of ether oxygens (including phenoxy) is 1. The van der Waals surface area contributed by atoms with E-state index in [4.69, 9.17) is 10.5 Å². The molecule has 25 heavy (non-hydrogen) atoms. The maximum Gasteiger partial charge on any atom is 0.408 e. The lowest BCUT2D eigenvalue weighted by Gasteiger charge is -2.47. The number of carbonyl (C=O) groups excluding carboxylic acids is 1. The third-order valence-electron chi connectivity index (χ3n) is 6.00. The molecule has 0 radical (unpaired) electrons. The Balaban J connectivity index is 2.52. The summed E-state index contributed by atoms with van der Waals surface area (Å²) >= 11 is 0. The van der Waals surface area contributed by atoms with Gasteiger partial charge >= 0.3 is 18.0 Å². The molecule has 0 spiro atoms. The highest BCUT2D eigenvalue weighted by Crippen LogP contribution is 2.70. The van der Waals surface area contributed by atoms with Crippen LogP contribution in [-0.2, 0) is 14.3 Å². The van der Waals surface area contributed by atoms with Gasteiger partial charge in [0.25, 0.3) is 0 Å². The molecule has 0 aliphatic heterocycles. The van der Waals surface area contributed by atoms with Gasteiger partial charge in [0.05, 0.1) is 5.92 Å². The van der Waals surface area contributed by atoms with Crippen LogP contribution in [-0.4, -0.2) is 45.4 Å². The number of hydrogen-bond donors (Lipinski definition) is 4. The van der Waals surface area contributed by atoms with E-state index in [2.05, 4.69) is 5.32 Å². The van der Waals surface area contributed by atoms with Gasteiger partial charge in [0.15, 0.2) is 5.54 Å². The van der Waals surface area contributed by atoms with E-state index in [-0.39, 0.29) is 0 Å². The minimum atomic E-state index is -1.76. The zero-order chi connectivity index (χ0) is 19.4. The van der Waals surface area contributed by atoms with Crippen molar-refractivity contribution in [2.24, 2.45) is 28.9 Å². The van der Waals surface area contributed by atoms with Crippen LogP contribution in [0.1, 0.15) is 47.5 Å². The second kappa shape index (κ2) is 5.86. The average Bonchev–Trinajstić information content (AvgIpc) is 3.16. The van der Waals surface area contributed by atoms with Gasteiger partial charge in [-0.15, -0.1) is 0 Å². The zero-order valence-corrected chi connectivity index (χ0v) is 15.3. The van der Waals surface area contributed by atoms with Gasteiger partial charge < -0.3 is 26.0 Å². The fourth-order valence-electron chi connectivity index (χ4n) is 4.98. The Morgan fingerprint density at radius 1 is 1.16 bits per heavy atom. The molecule has 2 saturated carbocycles. The maximum atomic E-state index is 12.4. The Hall–Kier alpha value is -1.83. The molecule has 0 bridgehead atoms. The van der Waals surface area contributed by atoms with Crippen molar-refractivity contribution >= 4 is 18.0 Å². The van der Waals surface area contributed by atoms with Crippen LogP contribution in [0.2, 0.25) is 0 Å². The predicted octanol–water partition coefficient (Wildman–Crippen LogP) is 1.43. The molecule has 0 saturated heterocycles. The quantitative estimate of drug-likeness (QED) is 0.584. The summed E-state index contributed by atoms with van der Waals surface area (Å²) in [5, 5.41) is 22.1. The van der Waals surface area contributed by atoms with Crippen molar-refractivity contribution in [3.05, 3.63) is 0 Å². The van der Waals surface area contributed by atoms with Gasteiger partial charge in [0, 0.05) is 17.4 Å². The fraction of sp³-hybridized carbons (Fsp3) is 0.824. The number of carboxylic acids is 2. The highest BCUT2D eigenvalue weighted by Gasteiger charge is 2.83. The SMILES string of the molecule is CCC1(CC)C(N)C2C(C(=O)O)C2C1(NC(=O)OC(C)(C)C)C(=O)O. The van der Waals surface area contributed by atoms with E-state index in [1.165, 1.54) is 0 Å². The van der Waals surface area contributed by atoms with Crippen molar-refractivity contribution in [3.8, 4) is 0 Å². The minimum absolute atomic E-state index is 0.409. The van der Waals surface area contributed by atoms with Crippen molar-refractivity contribution in [1.82, 2.24) is 5.32 Å². The molecule has 0 aromatic rings. The van der Waals surface area contributed by atoms with Gasteiger partial charge in [-0.25, -0.2) is 9.59 Å². The second-order valence-electron chi connectivity index (χ2n) is 8.10. The fourth-order valence-corrected chi connectivity index (χ4v) is 4.98. The lowest BCUT2D eigenvalue weighted by atomic mass is 9.62. The highest BCUT2D eigenvalue weighted by atomic mass is 16.6. The van der Waals surface area contributed by atoms with Crippen LogP contribution in [0, 0.1) is 23.2 Å². The first-order valence-electron chi connectivity index (χ1n) is 8.62. The first kappa shape index (κ1) is 19.5. The predicted molar refractivity (Wildman–Crippen MR) is 88.8 cm³/mol. The molecule has 8 nitrogen and oxygen atoms in total. The molecule has 2 aliphatic rings. The van der Waals surface area contributed by atoms with E-state index >= 15 is 0 Å². The van der Waals surface area contributed by atoms with Crippen LogP contribution in [0.25, 0.3) is 0 Å². The number of rotatable bonds is 5. The van der Waals surface area contributed by atoms with Crippen molar-refractivity contribution in [3.63, 3.8) is 0 Å². The number of nitrogens with two attached hydrogens (primary N) is 1. The van der Waals surface area contributed by atoms with Crippen LogP contribution in [0.4, 0.5) is 4.79 Å². The monoisotopic (exact) mass is 356 g/mol. The number of carbonyl (C=O) groups is 3. The molecular formula is C17H28N2O6. The number of hydrogen-bond acceptors (Lipinski definition) is 5. The number of fused-ring (bicyclic) bond motifs is 1. The van der Waals surface area contributed by atoms with E-state index in [1.54, 1.807) is 20.8 Å². The number of amides is 1. The second-order valence-corrected chi connectivity index (χ2v) is 8.10. The van der Waals surface area contributed by atoms with E-state index in [1.807, 2.05) is 13.8 Å². The van der Waals surface area contributed by atoms with Crippen LogP contribution >= 0.6 is 0 Å². The summed E-state index contributed by atoms with van der Waals surface area (Å²) in [5.41, 5.74) is 2.85. The molecule has 2 fully saturated rings. The van der Waals surface area contributed by atoms with Crippen LogP contribution in [0.3, 0.4) is 0 Å². The van der Waals surface area contributed by atoms with Crippen molar-refractivity contribution in [1.29, 1.82) is 0 Å². The molecule has 8 heteroatoms. The Bertz CT molecular complexity index is 594. The molecule has 5 N–H and O–H groups in total. The van der Waals surface area contributed by atoms with Gasteiger partial charge in [-0.05, 0) is 39.5 Å². The highest BCUT2D eigenvalue weighted by molar-refractivity contribution is 5.91. The maximum absolute atomic E-state index is 12.4. The summed E-state index contributed by atoms with van der Waals surface area (Å²) < 4.78 is 5.25. The van der Waals surface area contributed by atoms with E-state index in [9.17, 15) is 24.6 Å². The Morgan fingerprint density at radius 2 is 1.68 bits per heavy atom. The van der Waals surface area contributed by atoms with Gasteiger partial charge in [-0.2, -0.15) is 0 Å². The van der Waals surface area contributed by atoms with Crippen LogP contribution in [0.5, 0.6) is 0 Å². The van der Waals surface area contributed by atoms with E-state index in [0.717, 1.165) is 0 Å². The molecule has 2 rings (SSSR count). The Kier molecular flexibility index (Phi) is 4.57. The molecular weight excluding hydrogens is 328 g/mol.